The Labute approximate surface area is 171 Å². The molecule has 11 heteroatoms. The van der Waals surface area contributed by atoms with Crippen LogP contribution in [-0.4, -0.2) is 36.7 Å². The Morgan fingerprint density at radius 1 is 1.17 bits per heavy atom. The second-order valence-corrected chi connectivity index (χ2v) is 7.21. The SMILES string of the molecule is CCC(=O)n1nccc1-c1ncccc1COc1cccc(OP(=O)(O)O)c1C=O. The number of hydrogen-bond donors (Lipinski definition) is 2. The number of benzene rings is 1. The lowest BCUT2D eigenvalue weighted by molar-refractivity contribution is 0.0894. The predicted octanol–water partition coefficient (Wildman–Crippen LogP) is 2.86. The van der Waals surface area contributed by atoms with Gasteiger partial charge in [-0.25, -0.2) is 4.57 Å². The standard InChI is InChI=1S/C19H18N3O7P/c1-2-18(24)22-15(8-10-21-22)19-13(5-4-9-20-19)12-28-16-6-3-7-17(14(16)11-23)29-30(25,26)27/h3-11H,2,12H2,1H3,(H2,25,26,27). The van der Waals surface area contributed by atoms with E-state index >= 15 is 0 Å². The summed E-state index contributed by atoms with van der Waals surface area (Å²) in [6.07, 6.45) is 3.72. The van der Waals surface area contributed by atoms with Crippen LogP contribution in [0, 0.1) is 0 Å². The van der Waals surface area contributed by atoms with E-state index < -0.39 is 7.82 Å². The molecule has 0 aliphatic rings. The van der Waals surface area contributed by atoms with Crippen molar-refractivity contribution in [2.24, 2.45) is 0 Å². The minimum absolute atomic E-state index is 0.0329. The largest absolute Gasteiger partial charge is 0.524 e. The second kappa shape index (κ2) is 9.00. The zero-order chi connectivity index (χ0) is 21.7. The highest BCUT2D eigenvalue weighted by Crippen LogP contribution is 2.41. The van der Waals surface area contributed by atoms with Crippen molar-refractivity contribution in [2.45, 2.75) is 20.0 Å². The molecule has 3 aromatic rings. The van der Waals surface area contributed by atoms with Gasteiger partial charge in [0, 0.05) is 18.2 Å². The van der Waals surface area contributed by atoms with E-state index in [1.807, 2.05) is 0 Å². The number of aldehydes is 1. The molecule has 0 spiro atoms. The molecule has 10 nitrogen and oxygen atoms in total. The molecule has 0 bridgehead atoms. The van der Waals surface area contributed by atoms with Crippen molar-refractivity contribution in [2.75, 3.05) is 0 Å². The van der Waals surface area contributed by atoms with Gasteiger partial charge in [0.2, 0.25) is 5.91 Å². The first-order valence-corrected chi connectivity index (χ1v) is 10.3. The molecule has 2 heterocycles. The summed E-state index contributed by atoms with van der Waals surface area (Å²) in [7, 11) is -4.85. The maximum atomic E-state index is 12.1. The maximum Gasteiger partial charge on any atom is 0.524 e. The third-order valence-corrected chi connectivity index (χ3v) is 4.49. The number of phosphoric acid groups is 1. The lowest BCUT2D eigenvalue weighted by Gasteiger charge is -2.14. The van der Waals surface area contributed by atoms with E-state index in [9.17, 15) is 14.2 Å². The Hall–Kier alpha value is -3.33. The average molecular weight is 431 g/mol. The molecule has 1 aromatic carbocycles. The third-order valence-electron chi connectivity index (χ3n) is 4.06. The first-order valence-electron chi connectivity index (χ1n) is 8.81. The Morgan fingerprint density at radius 2 is 1.93 bits per heavy atom. The Bertz CT molecular complexity index is 1120. The molecule has 0 radical (unpaired) electrons. The number of pyridine rings is 1. The third kappa shape index (κ3) is 4.80. The zero-order valence-corrected chi connectivity index (χ0v) is 16.7. The number of phosphoric ester groups is 1. The van der Waals surface area contributed by atoms with Gasteiger partial charge < -0.3 is 9.26 Å². The van der Waals surface area contributed by atoms with Crippen LogP contribution >= 0.6 is 7.82 Å². The molecule has 3 rings (SSSR count). The van der Waals surface area contributed by atoms with E-state index in [1.165, 1.54) is 29.1 Å². The smallest absolute Gasteiger partial charge is 0.488 e. The molecule has 0 saturated carbocycles. The highest BCUT2D eigenvalue weighted by Gasteiger charge is 2.21. The minimum Gasteiger partial charge on any atom is -0.488 e. The number of rotatable bonds is 8. The number of nitrogens with zero attached hydrogens (tertiary/aromatic N) is 3. The summed E-state index contributed by atoms with van der Waals surface area (Å²) < 4.78 is 22.6. The van der Waals surface area contributed by atoms with Gasteiger partial charge in [0.15, 0.2) is 6.29 Å². The van der Waals surface area contributed by atoms with Crippen molar-refractivity contribution in [1.29, 1.82) is 0 Å². The summed E-state index contributed by atoms with van der Waals surface area (Å²) in [4.78, 5) is 45.9. The highest BCUT2D eigenvalue weighted by molar-refractivity contribution is 7.46. The molecule has 2 aromatic heterocycles. The number of ether oxygens (including phenoxy) is 1. The van der Waals surface area contributed by atoms with Crippen LogP contribution in [0.15, 0.2) is 48.8 Å². The molecule has 30 heavy (non-hydrogen) atoms. The first-order chi connectivity index (χ1) is 14.3. The molecule has 0 fully saturated rings. The molecular weight excluding hydrogens is 413 g/mol. The van der Waals surface area contributed by atoms with E-state index in [0.29, 0.717) is 23.2 Å². The van der Waals surface area contributed by atoms with Crippen molar-refractivity contribution in [3.8, 4) is 22.9 Å². The lowest BCUT2D eigenvalue weighted by Crippen LogP contribution is -2.13. The van der Waals surface area contributed by atoms with E-state index in [2.05, 4.69) is 14.6 Å². The Kier molecular flexibility index (Phi) is 6.41. The topological polar surface area (TPSA) is 141 Å². The molecular formula is C19H18N3O7P. The number of aromatic nitrogens is 3. The van der Waals surface area contributed by atoms with Gasteiger partial charge in [-0.2, -0.15) is 9.78 Å². The summed E-state index contributed by atoms with van der Waals surface area (Å²) in [5.74, 6) is -0.421. The van der Waals surface area contributed by atoms with Crippen LogP contribution < -0.4 is 9.26 Å². The number of carbonyl (C=O) groups is 2. The minimum atomic E-state index is -4.85. The maximum absolute atomic E-state index is 12.1. The van der Waals surface area contributed by atoms with Gasteiger partial charge in [0.25, 0.3) is 0 Å². The summed E-state index contributed by atoms with van der Waals surface area (Å²) in [6, 6.07) is 9.25. The predicted molar refractivity (Wildman–Crippen MR) is 105 cm³/mol. The average Bonchev–Trinajstić information content (AvgIpc) is 3.20. The van der Waals surface area contributed by atoms with E-state index in [4.69, 9.17) is 14.5 Å². The summed E-state index contributed by atoms with van der Waals surface area (Å²) >= 11 is 0. The highest BCUT2D eigenvalue weighted by atomic mass is 31.2. The van der Waals surface area contributed by atoms with E-state index in [-0.39, 0.29) is 36.0 Å². The van der Waals surface area contributed by atoms with Crippen LogP contribution in [0.1, 0.15) is 34.1 Å². The van der Waals surface area contributed by atoms with E-state index in [1.54, 1.807) is 31.3 Å². The molecule has 2 N–H and O–H groups in total. The number of carbonyl (C=O) groups excluding carboxylic acids is 2. The number of hydrogen-bond acceptors (Lipinski definition) is 7. The van der Waals surface area contributed by atoms with Gasteiger partial charge in [-0.15, -0.1) is 0 Å². The molecule has 156 valence electrons. The second-order valence-electron chi connectivity index (χ2n) is 6.04. The van der Waals surface area contributed by atoms with Gasteiger partial charge in [0.05, 0.1) is 23.1 Å². The zero-order valence-electron chi connectivity index (χ0n) is 15.8. The molecule has 0 amide bonds. The summed E-state index contributed by atoms with van der Waals surface area (Å²) in [5, 5.41) is 4.05. The molecule has 0 aliphatic heterocycles. The summed E-state index contributed by atoms with van der Waals surface area (Å²) in [5.41, 5.74) is 1.45. The fourth-order valence-corrected chi connectivity index (χ4v) is 3.16. The van der Waals surface area contributed by atoms with Crippen molar-refractivity contribution in [3.05, 3.63) is 59.9 Å². The van der Waals surface area contributed by atoms with E-state index in [0.717, 1.165) is 0 Å². The van der Waals surface area contributed by atoms with Crippen molar-refractivity contribution < 1.29 is 33.2 Å². The van der Waals surface area contributed by atoms with Gasteiger partial charge in [-0.1, -0.05) is 19.1 Å². The van der Waals surface area contributed by atoms with Crippen molar-refractivity contribution >= 4 is 20.0 Å². The van der Waals surface area contributed by atoms with Crippen LogP contribution in [0.3, 0.4) is 0 Å². The van der Waals surface area contributed by atoms with Crippen LogP contribution in [0.5, 0.6) is 11.5 Å². The van der Waals surface area contributed by atoms with Crippen LogP contribution in [0.4, 0.5) is 0 Å². The van der Waals surface area contributed by atoms with Crippen LogP contribution in [-0.2, 0) is 11.2 Å². The van der Waals surface area contributed by atoms with Crippen molar-refractivity contribution in [3.63, 3.8) is 0 Å². The Balaban J connectivity index is 1.91. The quantitative estimate of drug-likeness (QED) is 0.407. The van der Waals surface area contributed by atoms with Crippen LogP contribution in [0.25, 0.3) is 11.4 Å². The van der Waals surface area contributed by atoms with Gasteiger partial charge in [-0.05, 0) is 24.3 Å². The fraction of sp³-hybridized carbons (Fsp3) is 0.158. The van der Waals surface area contributed by atoms with Crippen LogP contribution in [0.2, 0.25) is 0 Å². The monoisotopic (exact) mass is 431 g/mol. The Morgan fingerprint density at radius 3 is 2.63 bits per heavy atom. The summed E-state index contributed by atoms with van der Waals surface area (Å²) in [6.45, 7) is 1.69. The normalized spacial score (nSPS) is 11.2. The molecule has 0 aliphatic carbocycles. The molecule has 0 atom stereocenters. The van der Waals surface area contributed by atoms with Gasteiger partial charge >= 0.3 is 7.82 Å². The van der Waals surface area contributed by atoms with Gasteiger partial charge in [0.1, 0.15) is 18.1 Å². The van der Waals surface area contributed by atoms with Gasteiger partial charge in [-0.3, -0.25) is 24.4 Å². The first kappa shape index (κ1) is 21.4. The fourth-order valence-electron chi connectivity index (χ4n) is 2.75. The molecule has 0 unspecified atom stereocenters. The van der Waals surface area contributed by atoms with Crippen molar-refractivity contribution in [1.82, 2.24) is 14.8 Å². The molecule has 0 saturated heterocycles. The lowest BCUT2D eigenvalue weighted by atomic mass is 10.1.